The van der Waals surface area contributed by atoms with E-state index >= 15 is 0 Å². The Bertz CT molecular complexity index is 1780. The fourth-order valence-electron chi connectivity index (χ4n) is 5.37. The molecule has 2 aromatic heterocycles. The number of aryl methyl sites for hydroxylation is 1. The Kier molecular flexibility index (Phi) is 7.21. The number of amides is 1. The molecule has 218 valence electrons. The SMILES string of the molecule is COc1ncc(-c2ccc3nc(N)c(C(=O)N4CCC5(CC4)OCCO5)cc3c2)cc1S(=O)(=O)Nc1ccccc1C. The molecule has 12 heteroatoms. The van der Waals surface area contributed by atoms with E-state index in [1.807, 2.05) is 25.1 Å². The van der Waals surface area contributed by atoms with Gasteiger partial charge >= 0.3 is 0 Å². The Morgan fingerprint density at radius 2 is 1.79 bits per heavy atom. The molecule has 2 saturated heterocycles. The number of aromatic nitrogens is 2. The van der Waals surface area contributed by atoms with Gasteiger partial charge in [0, 0.05) is 43.1 Å². The Hall–Kier alpha value is -4.26. The standard InChI is InChI=1S/C30H31N5O6S/c1-19-5-3-4-6-24(19)34-42(37,38)26-17-22(18-32-28(26)39-2)20-7-8-25-21(15-20)16-23(27(31)33-25)29(36)35-11-9-30(10-12-35)40-13-14-41-30/h3-8,15-18,34H,9-14H2,1-2H3,(H2,31,33). The number of methoxy groups -OCH3 is 1. The van der Waals surface area contributed by atoms with E-state index in [2.05, 4.69) is 14.7 Å². The maximum absolute atomic E-state index is 13.4. The lowest BCUT2D eigenvalue weighted by molar-refractivity contribution is -0.181. The van der Waals surface area contributed by atoms with E-state index in [4.69, 9.17) is 19.9 Å². The molecular formula is C30H31N5O6S. The molecule has 2 aliphatic rings. The first-order valence-corrected chi connectivity index (χ1v) is 15.1. The average molecular weight is 590 g/mol. The number of nitrogens with two attached hydrogens (primary N) is 1. The summed E-state index contributed by atoms with van der Waals surface area (Å²) in [6.45, 7) is 3.93. The quantitative estimate of drug-likeness (QED) is 0.341. The smallest absolute Gasteiger partial charge is 0.267 e. The number of hydrogen-bond donors (Lipinski definition) is 2. The number of anilines is 2. The van der Waals surface area contributed by atoms with Crippen molar-refractivity contribution in [2.75, 3.05) is 43.9 Å². The second-order valence-electron chi connectivity index (χ2n) is 10.4. The predicted molar refractivity (Wildman–Crippen MR) is 158 cm³/mol. The number of rotatable bonds is 6. The van der Waals surface area contributed by atoms with Crippen LogP contribution in [0.15, 0.2) is 65.7 Å². The summed E-state index contributed by atoms with van der Waals surface area (Å²) in [5, 5.41) is 0.680. The van der Waals surface area contributed by atoms with Crippen molar-refractivity contribution in [3.8, 4) is 17.0 Å². The highest BCUT2D eigenvalue weighted by atomic mass is 32.2. The first kappa shape index (κ1) is 27.9. The van der Waals surface area contributed by atoms with E-state index in [0.29, 0.717) is 72.4 Å². The Morgan fingerprint density at radius 3 is 2.50 bits per heavy atom. The molecule has 0 unspecified atom stereocenters. The number of nitrogen functional groups attached to an aromatic ring is 1. The number of hydrogen-bond acceptors (Lipinski definition) is 9. The number of carbonyl (C=O) groups excluding carboxylic acids is 1. The van der Waals surface area contributed by atoms with Crippen LogP contribution in [0.4, 0.5) is 11.5 Å². The van der Waals surface area contributed by atoms with Crippen LogP contribution >= 0.6 is 0 Å². The van der Waals surface area contributed by atoms with Gasteiger partial charge in [0.1, 0.15) is 10.7 Å². The van der Waals surface area contributed by atoms with E-state index in [9.17, 15) is 13.2 Å². The molecule has 6 rings (SSSR count). The zero-order valence-corrected chi connectivity index (χ0v) is 24.1. The lowest BCUT2D eigenvalue weighted by atomic mass is 10.0. The van der Waals surface area contributed by atoms with Crippen molar-refractivity contribution in [1.82, 2.24) is 14.9 Å². The van der Waals surface area contributed by atoms with Crippen LogP contribution in [0.3, 0.4) is 0 Å². The van der Waals surface area contributed by atoms with Crippen molar-refractivity contribution in [3.05, 3.63) is 71.9 Å². The summed E-state index contributed by atoms with van der Waals surface area (Å²) in [5.74, 6) is -0.676. The van der Waals surface area contributed by atoms with E-state index in [1.54, 1.807) is 41.4 Å². The second kappa shape index (κ2) is 10.9. The van der Waals surface area contributed by atoms with Gasteiger partial charge in [-0.1, -0.05) is 24.3 Å². The van der Waals surface area contributed by atoms with Gasteiger partial charge in [0.05, 0.1) is 37.1 Å². The number of sulfonamides is 1. The van der Waals surface area contributed by atoms with Crippen molar-refractivity contribution in [2.24, 2.45) is 0 Å². The van der Waals surface area contributed by atoms with Crippen molar-refractivity contribution in [1.29, 1.82) is 0 Å². The number of piperidine rings is 1. The Balaban J connectivity index is 1.31. The zero-order valence-electron chi connectivity index (χ0n) is 23.3. The van der Waals surface area contributed by atoms with Crippen LogP contribution in [0.25, 0.3) is 22.0 Å². The molecule has 2 aromatic carbocycles. The van der Waals surface area contributed by atoms with Crippen LogP contribution in [0.2, 0.25) is 0 Å². The summed E-state index contributed by atoms with van der Waals surface area (Å²) in [6.07, 6.45) is 2.73. The van der Waals surface area contributed by atoms with Gasteiger partial charge in [-0.05, 0) is 48.4 Å². The van der Waals surface area contributed by atoms with E-state index in [0.717, 1.165) is 5.56 Å². The molecule has 4 aromatic rings. The van der Waals surface area contributed by atoms with Crippen molar-refractivity contribution in [3.63, 3.8) is 0 Å². The number of para-hydroxylation sites is 1. The maximum Gasteiger partial charge on any atom is 0.267 e. The van der Waals surface area contributed by atoms with Gasteiger partial charge in [-0.3, -0.25) is 9.52 Å². The third-order valence-corrected chi connectivity index (χ3v) is 9.08. The molecule has 0 bridgehead atoms. The van der Waals surface area contributed by atoms with Gasteiger partial charge < -0.3 is 24.8 Å². The topological polar surface area (TPSA) is 146 Å². The van der Waals surface area contributed by atoms with Gasteiger partial charge in [0.2, 0.25) is 5.88 Å². The van der Waals surface area contributed by atoms with Crippen molar-refractivity contribution in [2.45, 2.75) is 30.4 Å². The number of ether oxygens (including phenoxy) is 3. The number of benzene rings is 2. The third kappa shape index (κ3) is 5.24. The van der Waals surface area contributed by atoms with Gasteiger partial charge in [0.25, 0.3) is 15.9 Å². The minimum Gasteiger partial charge on any atom is -0.480 e. The van der Waals surface area contributed by atoms with Gasteiger partial charge in [-0.2, -0.15) is 0 Å². The highest BCUT2D eigenvalue weighted by Gasteiger charge is 2.41. The largest absolute Gasteiger partial charge is 0.480 e. The molecule has 0 atom stereocenters. The lowest BCUT2D eigenvalue weighted by Crippen LogP contribution is -2.47. The highest BCUT2D eigenvalue weighted by molar-refractivity contribution is 7.92. The minimum absolute atomic E-state index is 0.0281. The minimum atomic E-state index is -4.03. The molecule has 0 saturated carbocycles. The van der Waals surface area contributed by atoms with Crippen LogP contribution in [0.5, 0.6) is 5.88 Å². The molecule has 2 fully saturated rings. The summed E-state index contributed by atoms with van der Waals surface area (Å²) in [6, 6.07) is 15.7. The third-order valence-electron chi connectivity index (χ3n) is 7.72. The van der Waals surface area contributed by atoms with E-state index in [1.165, 1.54) is 13.2 Å². The van der Waals surface area contributed by atoms with Gasteiger partial charge in [-0.25, -0.2) is 18.4 Å². The molecule has 3 N–H and O–H groups in total. The zero-order chi connectivity index (χ0) is 29.5. The van der Waals surface area contributed by atoms with Crippen LogP contribution < -0.4 is 15.2 Å². The first-order valence-electron chi connectivity index (χ1n) is 13.6. The van der Waals surface area contributed by atoms with E-state index < -0.39 is 15.8 Å². The van der Waals surface area contributed by atoms with Crippen molar-refractivity contribution >= 4 is 38.3 Å². The van der Waals surface area contributed by atoms with Crippen LogP contribution in [0.1, 0.15) is 28.8 Å². The number of fused-ring (bicyclic) bond motifs is 1. The predicted octanol–water partition coefficient (Wildman–Crippen LogP) is 3.98. The van der Waals surface area contributed by atoms with Crippen molar-refractivity contribution < 1.29 is 27.4 Å². The number of likely N-dealkylation sites (tertiary alicyclic amines) is 1. The summed E-state index contributed by atoms with van der Waals surface area (Å²) in [4.78, 5) is 23.8. The summed E-state index contributed by atoms with van der Waals surface area (Å²) >= 11 is 0. The summed E-state index contributed by atoms with van der Waals surface area (Å²) in [5.41, 5.74) is 9.61. The molecule has 2 aliphatic heterocycles. The second-order valence-corrected chi connectivity index (χ2v) is 12.0. The summed E-state index contributed by atoms with van der Waals surface area (Å²) < 4.78 is 46.3. The molecule has 0 radical (unpaired) electrons. The molecule has 1 spiro atoms. The maximum atomic E-state index is 13.4. The molecule has 42 heavy (non-hydrogen) atoms. The molecule has 4 heterocycles. The van der Waals surface area contributed by atoms with Gasteiger partial charge in [0.15, 0.2) is 5.79 Å². The number of carbonyl (C=O) groups is 1. The normalized spacial score (nSPS) is 16.6. The Morgan fingerprint density at radius 1 is 1.05 bits per heavy atom. The highest BCUT2D eigenvalue weighted by Crippen LogP contribution is 2.34. The monoisotopic (exact) mass is 589 g/mol. The van der Waals surface area contributed by atoms with Crippen LogP contribution in [-0.4, -0.2) is 68.4 Å². The Labute approximate surface area is 243 Å². The molecule has 11 nitrogen and oxygen atoms in total. The average Bonchev–Trinajstić information content (AvgIpc) is 3.45. The van der Waals surface area contributed by atoms with Crippen LogP contribution in [-0.2, 0) is 19.5 Å². The number of nitrogens with zero attached hydrogens (tertiary/aromatic N) is 3. The van der Waals surface area contributed by atoms with Gasteiger partial charge in [-0.15, -0.1) is 0 Å². The molecule has 1 amide bonds. The van der Waals surface area contributed by atoms with Crippen LogP contribution in [0, 0.1) is 6.92 Å². The number of nitrogens with one attached hydrogen (secondary N) is 1. The lowest BCUT2D eigenvalue weighted by Gasteiger charge is -2.37. The fourth-order valence-corrected chi connectivity index (χ4v) is 6.65. The first-order chi connectivity index (χ1) is 20.2. The molecular weight excluding hydrogens is 558 g/mol. The van der Waals surface area contributed by atoms with E-state index in [-0.39, 0.29) is 22.5 Å². The summed E-state index contributed by atoms with van der Waals surface area (Å²) in [7, 11) is -2.66. The number of pyridine rings is 2. The molecule has 0 aliphatic carbocycles. The fraction of sp³-hybridized carbons (Fsp3) is 0.300.